The van der Waals surface area contributed by atoms with Crippen LogP contribution in [0.3, 0.4) is 0 Å². The molecule has 0 amide bonds. The molecule has 1 N–H and O–H groups in total. The fraction of sp³-hybridized carbons (Fsp3) is 0.409. The Bertz CT molecular complexity index is 779. The summed E-state index contributed by atoms with van der Waals surface area (Å²) in [5.74, 6) is -4.80. The van der Waals surface area contributed by atoms with Crippen LogP contribution in [-0.4, -0.2) is 48.8 Å². The minimum Gasteiger partial charge on any atom is -0.497 e. The maximum Gasteiger partial charge on any atom is 0.317 e. The highest BCUT2D eigenvalue weighted by atomic mass is 16.5. The zero-order valence-electron chi connectivity index (χ0n) is 16.6. The highest BCUT2D eigenvalue weighted by molar-refractivity contribution is 6.02. The van der Waals surface area contributed by atoms with E-state index in [0.29, 0.717) is 11.3 Å². The van der Waals surface area contributed by atoms with Crippen LogP contribution < -0.4 is 4.74 Å². The smallest absolute Gasteiger partial charge is 0.317 e. The van der Waals surface area contributed by atoms with Crippen LogP contribution in [0.15, 0.2) is 49.6 Å². The predicted octanol–water partition coefficient (Wildman–Crippen LogP) is 2.19. The quantitative estimate of drug-likeness (QED) is 0.404. The maximum atomic E-state index is 12.8. The van der Waals surface area contributed by atoms with E-state index in [1.54, 1.807) is 24.3 Å². The van der Waals surface area contributed by atoms with E-state index in [9.17, 15) is 19.5 Å². The van der Waals surface area contributed by atoms with Gasteiger partial charge in [0, 0.05) is 12.3 Å². The number of ketones is 1. The summed E-state index contributed by atoms with van der Waals surface area (Å²) in [4.78, 5) is 38.4. The minimum atomic E-state index is -1.70. The number of carbonyl (C=O) groups excluding carboxylic acids is 3. The van der Waals surface area contributed by atoms with Gasteiger partial charge in [-0.05, 0) is 24.6 Å². The molecule has 7 nitrogen and oxygen atoms in total. The lowest BCUT2D eigenvalue weighted by molar-refractivity contribution is -0.171. The largest absolute Gasteiger partial charge is 0.497 e. The fourth-order valence-electron chi connectivity index (χ4n) is 3.70. The number of aliphatic hydroxyl groups is 1. The number of carbonyl (C=O) groups is 3. The summed E-state index contributed by atoms with van der Waals surface area (Å²) in [6.45, 7) is 8.27. The van der Waals surface area contributed by atoms with Gasteiger partial charge in [0.05, 0.1) is 18.6 Å². The van der Waals surface area contributed by atoms with Gasteiger partial charge in [0.15, 0.2) is 5.78 Å². The summed E-state index contributed by atoms with van der Waals surface area (Å²) in [5.41, 5.74) is -1.19. The number of esters is 2. The molecule has 1 aromatic carbocycles. The lowest BCUT2D eigenvalue weighted by Gasteiger charge is -2.43. The topological polar surface area (TPSA) is 99.1 Å². The third kappa shape index (κ3) is 4.92. The van der Waals surface area contributed by atoms with Gasteiger partial charge in [-0.15, -0.1) is 0 Å². The zero-order chi connectivity index (χ0) is 21.6. The maximum absolute atomic E-state index is 12.8. The minimum absolute atomic E-state index is 0.0553. The number of benzene rings is 1. The Balaban J connectivity index is 2.56. The molecule has 0 aromatic heterocycles. The van der Waals surface area contributed by atoms with Gasteiger partial charge in [-0.2, -0.15) is 0 Å². The van der Waals surface area contributed by atoms with Crippen molar-refractivity contribution in [3.63, 3.8) is 0 Å². The second kappa shape index (κ2) is 9.52. The molecule has 1 saturated carbocycles. The molecule has 0 aliphatic heterocycles. The summed E-state index contributed by atoms with van der Waals surface area (Å²) < 4.78 is 15.5. The fourth-order valence-corrected chi connectivity index (χ4v) is 3.70. The molecule has 29 heavy (non-hydrogen) atoms. The summed E-state index contributed by atoms with van der Waals surface area (Å²) in [6.07, 6.45) is 2.42. The lowest BCUT2D eigenvalue weighted by Crippen LogP contribution is -2.55. The molecule has 1 aromatic rings. The highest BCUT2D eigenvalue weighted by Gasteiger charge is 2.57. The highest BCUT2D eigenvalue weighted by Crippen LogP contribution is 2.47. The molecule has 0 bridgehead atoms. The summed E-state index contributed by atoms with van der Waals surface area (Å²) in [7, 11) is 1.51. The Morgan fingerprint density at radius 2 is 1.69 bits per heavy atom. The van der Waals surface area contributed by atoms with Gasteiger partial charge in [-0.3, -0.25) is 14.4 Å². The number of hydrogen-bond acceptors (Lipinski definition) is 7. The molecule has 7 heteroatoms. The van der Waals surface area contributed by atoms with E-state index in [4.69, 9.17) is 14.2 Å². The molecular formula is C22H26O7. The molecule has 0 radical (unpaired) electrons. The van der Waals surface area contributed by atoms with Crippen molar-refractivity contribution in [2.24, 2.45) is 11.8 Å². The number of rotatable bonds is 8. The van der Waals surface area contributed by atoms with Crippen molar-refractivity contribution in [3.05, 3.63) is 55.1 Å². The molecule has 1 aliphatic carbocycles. The second-order valence-corrected chi connectivity index (χ2v) is 7.09. The van der Waals surface area contributed by atoms with Crippen molar-refractivity contribution in [1.29, 1.82) is 0 Å². The van der Waals surface area contributed by atoms with Crippen LogP contribution in [0.2, 0.25) is 0 Å². The Morgan fingerprint density at radius 3 is 2.21 bits per heavy atom. The third-order valence-corrected chi connectivity index (χ3v) is 4.96. The first kappa shape index (κ1) is 22.4. The Morgan fingerprint density at radius 1 is 1.14 bits per heavy atom. The first-order valence-corrected chi connectivity index (χ1v) is 9.21. The normalized spacial score (nSPS) is 26.3. The van der Waals surface area contributed by atoms with Crippen LogP contribution in [0.1, 0.15) is 24.8 Å². The Hall–Kier alpha value is -2.93. The van der Waals surface area contributed by atoms with Crippen LogP contribution >= 0.6 is 0 Å². The van der Waals surface area contributed by atoms with Gasteiger partial charge < -0.3 is 19.3 Å². The number of methoxy groups -OCH3 is 1. The Kier molecular flexibility index (Phi) is 7.34. The van der Waals surface area contributed by atoms with E-state index in [0.717, 1.165) is 0 Å². The number of hydrogen-bond donors (Lipinski definition) is 1. The summed E-state index contributed by atoms with van der Waals surface area (Å²) in [5, 5.41) is 10.9. The monoisotopic (exact) mass is 402 g/mol. The van der Waals surface area contributed by atoms with Gasteiger partial charge in [-0.25, -0.2) is 0 Å². The van der Waals surface area contributed by atoms with Gasteiger partial charge >= 0.3 is 11.9 Å². The van der Waals surface area contributed by atoms with Gasteiger partial charge in [0.1, 0.15) is 24.9 Å². The first-order valence-electron chi connectivity index (χ1n) is 9.21. The van der Waals surface area contributed by atoms with E-state index >= 15 is 0 Å². The van der Waals surface area contributed by atoms with Crippen LogP contribution in [0.4, 0.5) is 0 Å². The van der Waals surface area contributed by atoms with E-state index in [1.165, 1.54) is 26.2 Å². The van der Waals surface area contributed by atoms with Gasteiger partial charge in [0.25, 0.3) is 0 Å². The molecule has 1 aliphatic rings. The van der Waals surface area contributed by atoms with E-state index < -0.39 is 41.1 Å². The average molecular weight is 402 g/mol. The van der Waals surface area contributed by atoms with Crippen LogP contribution in [0.25, 0.3) is 0 Å². The summed E-state index contributed by atoms with van der Waals surface area (Å²) in [6, 6.07) is 6.61. The van der Waals surface area contributed by atoms with Gasteiger partial charge in [0.2, 0.25) is 0 Å². The molecule has 1 fully saturated rings. The molecule has 0 heterocycles. The predicted molar refractivity (Wildman–Crippen MR) is 105 cm³/mol. The summed E-state index contributed by atoms with van der Waals surface area (Å²) >= 11 is 0. The van der Waals surface area contributed by atoms with E-state index in [-0.39, 0.29) is 19.6 Å². The molecule has 4 atom stereocenters. The molecule has 0 spiro atoms. The van der Waals surface area contributed by atoms with Crippen molar-refractivity contribution < 1.29 is 33.7 Å². The number of Topliss-reactive ketones (excluding diaryl/α,β-unsaturated/α-hetero) is 1. The third-order valence-electron chi connectivity index (χ3n) is 4.96. The molecule has 156 valence electrons. The lowest BCUT2D eigenvalue weighted by atomic mass is 9.61. The van der Waals surface area contributed by atoms with Crippen molar-refractivity contribution in [2.45, 2.75) is 24.9 Å². The van der Waals surface area contributed by atoms with Crippen LogP contribution in [0, 0.1) is 11.8 Å². The Labute approximate surface area is 170 Å². The zero-order valence-corrected chi connectivity index (χ0v) is 16.6. The van der Waals surface area contributed by atoms with E-state index in [2.05, 4.69) is 13.2 Å². The SMILES string of the molecule is C=CCOC(=O)[C@@H]1C(=O)C[C@](C)(O)[C@H](C(=O)OCC=C)[C@H]1c1ccc(OC)cc1. The van der Waals surface area contributed by atoms with Crippen molar-refractivity contribution >= 4 is 17.7 Å². The van der Waals surface area contributed by atoms with Gasteiger partial charge in [-0.1, -0.05) is 37.4 Å². The van der Waals surface area contributed by atoms with Crippen LogP contribution in [-0.2, 0) is 23.9 Å². The molecule has 0 saturated heterocycles. The average Bonchev–Trinajstić information content (AvgIpc) is 2.69. The van der Waals surface area contributed by atoms with Crippen molar-refractivity contribution in [3.8, 4) is 5.75 Å². The standard InChI is InChI=1S/C22H26O7/c1-5-11-28-20(24)18-16(23)13-22(3,26)19(21(25)29-12-6-2)17(18)14-7-9-15(27-4)10-8-14/h5-10,17-19,26H,1-2,11-13H2,3-4H3/t17-,18+,19-,22-/m0/s1. The van der Waals surface area contributed by atoms with Crippen LogP contribution in [0.5, 0.6) is 5.75 Å². The van der Waals surface area contributed by atoms with E-state index in [1.807, 2.05) is 0 Å². The van der Waals surface area contributed by atoms with Crippen molar-refractivity contribution in [1.82, 2.24) is 0 Å². The molecular weight excluding hydrogens is 376 g/mol. The van der Waals surface area contributed by atoms with Crippen molar-refractivity contribution in [2.75, 3.05) is 20.3 Å². The molecule has 0 unspecified atom stereocenters. The molecule has 2 rings (SSSR count). The number of ether oxygens (including phenoxy) is 3. The second-order valence-electron chi connectivity index (χ2n) is 7.09. The first-order chi connectivity index (χ1) is 13.8.